The van der Waals surface area contributed by atoms with Gasteiger partial charge in [0.2, 0.25) is 5.91 Å². The van der Waals surface area contributed by atoms with Crippen molar-refractivity contribution < 1.29 is 4.79 Å². The van der Waals surface area contributed by atoms with Crippen molar-refractivity contribution in [1.29, 1.82) is 0 Å². The van der Waals surface area contributed by atoms with E-state index in [1.807, 2.05) is 26.0 Å². The molecule has 0 saturated heterocycles. The lowest BCUT2D eigenvalue weighted by Crippen LogP contribution is -2.18. The molecule has 0 unspecified atom stereocenters. The van der Waals surface area contributed by atoms with Gasteiger partial charge in [-0.3, -0.25) is 4.79 Å². The number of carbonyl (C=O) groups excluding carboxylic acids is 1. The van der Waals surface area contributed by atoms with Crippen molar-refractivity contribution in [3.05, 3.63) is 42.1 Å². The predicted octanol–water partition coefficient (Wildman–Crippen LogP) is 2.23. The van der Waals surface area contributed by atoms with Gasteiger partial charge in [0.1, 0.15) is 5.82 Å². The van der Waals surface area contributed by atoms with Crippen LogP contribution in [0.25, 0.3) is 0 Å². The number of benzene rings is 1. The van der Waals surface area contributed by atoms with E-state index in [0.29, 0.717) is 17.9 Å². The van der Waals surface area contributed by atoms with Crippen LogP contribution >= 0.6 is 0 Å². The van der Waals surface area contributed by atoms with Crippen LogP contribution in [0, 0.1) is 0 Å². The summed E-state index contributed by atoms with van der Waals surface area (Å²) in [6, 6.07) is 9.33. The Balaban J connectivity index is 2.03. The number of hydrogen-bond donors (Lipinski definition) is 2. The van der Waals surface area contributed by atoms with Crippen molar-refractivity contribution in [2.45, 2.75) is 26.3 Å². The normalized spacial score (nSPS) is 10.7. The summed E-state index contributed by atoms with van der Waals surface area (Å²) < 4.78 is 1.78. The molecule has 1 heterocycles. The van der Waals surface area contributed by atoms with E-state index < -0.39 is 0 Å². The zero-order chi connectivity index (χ0) is 13.8. The zero-order valence-corrected chi connectivity index (χ0v) is 11.1. The third-order valence-corrected chi connectivity index (χ3v) is 2.74. The van der Waals surface area contributed by atoms with Gasteiger partial charge in [0.15, 0.2) is 0 Å². The maximum absolute atomic E-state index is 12.0. The highest BCUT2D eigenvalue weighted by atomic mass is 16.1. The van der Waals surface area contributed by atoms with Crippen LogP contribution in [-0.2, 0) is 11.2 Å². The molecule has 0 aliphatic rings. The predicted molar refractivity (Wildman–Crippen MR) is 75.8 cm³/mol. The minimum Gasteiger partial charge on any atom is -0.399 e. The van der Waals surface area contributed by atoms with Crippen LogP contribution in [0.4, 0.5) is 11.5 Å². The van der Waals surface area contributed by atoms with Gasteiger partial charge < -0.3 is 11.1 Å². The molecular formula is C14H18N4O. The van der Waals surface area contributed by atoms with Crippen LogP contribution < -0.4 is 11.1 Å². The molecule has 1 aromatic heterocycles. The average molecular weight is 258 g/mol. The van der Waals surface area contributed by atoms with Gasteiger partial charge in [-0.2, -0.15) is 5.10 Å². The highest BCUT2D eigenvalue weighted by molar-refractivity contribution is 5.91. The van der Waals surface area contributed by atoms with Gasteiger partial charge in [0.25, 0.3) is 0 Å². The number of anilines is 2. The molecule has 0 aliphatic heterocycles. The second kappa shape index (κ2) is 5.56. The fourth-order valence-electron chi connectivity index (χ4n) is 1.90. The second-order valence-electron chi connectivity index (χ2n) is 4.72. The third-order valence-electron chi connectivity index (χ3n) is 2.74. The number of aromatic nitrogens is 2. The van der Waals surface area contributed by atoms with E-state index in [-0.39, 0.29) is 11.9 Å². The SMILES string of the molecule is CC(C)n1nccc1NC(=O)Cc1cccc(N)c1. The van der Waals surface area contributed by atoms with Crippen LogP contribution in [0.1, 0.15) is 25.5 Å². The fraction of sp³-hybridized carbons (Fsp3) is 0.286. The summed E-state index contributed by atoms with van der Waals surface area (Å²) in [5.74, 6) is 0.636. The standard InChI is InChI=1S/C14H18N4O/c1-10(2)18-13(6-7-16-18)17-14(19)9-11-4-3-5-12(15)8-11/h3-8,10H,9,15H2,1-2H3,(H,17,19). The third kappa shape index (κ3) is 3.34. The Morgan fingerprint density at radius 3 is 2.89 bits per heavy atom. The molecule has 1 aromatic carbocycles. The van der Waals surface area contributed by atoms with Crippen LogP contribution in [0.3, 0.4) is 0 Å². The minimum atomic E-state index is -0.0759. The van der Waals surface area contributed by atoms with Gasteiger partial charge >= 0.3 is 0 Å². The molecule has 1 amide bonds. The smallest absolute Gasteiger partial charge is 0.229 e. The Morgan fingerprint density at radius 2 is 2.21 bits per heavy atom. The largest absolute Gasteiger partial charge is 0.399 e. The molecule has 2 aromatic rings. The number of carbonyl (C=O) groups is 1. The lowest BCUT2D eigenvalue weighted by molar-refractivity contribution is -0.115. The van der Waals surface area contributed by atoms with Crippen molar-refractivity contribution in [3.63, 3.8) is 0 Å². The average Bonchev–Trinajstić information content (AvgIpc) is 2.76. The van der Waals surface area contributed by atoms with Gasteiger partial charge in [-0.25, -0.2) is 4.68 Å². The van der Waals surface area contributed by atoms with E-state index in [4.69, 9.17) is 5.73 Å². The Kier molecular flexibility index (Phi) is 3.85. The molecule has 0 atom stereocenters. The van der Waals surface area contributed by atoms with Crippen molar-refractivity contribution in [2.24, 2.45) is 0 Å². The first kappa shape index (κ1) is 13.1. The summed E-state index contributed by atoms with van der Waals surface area (Å²) in [6.07, 6.45) is 1.98. The molecule has 2 rings (SSSR count). The van der Waals surface area contributed by atoms with Crippen LogP contribution in [0.5, 0.6) is 0 Å². The number of nitrogen functional groups attached to an aromatic ring is 1. The van der Waals surface area contributed by atoms with E-state index in [1.165, 1.54) is 0 Å². The van der Waals surface area contributed by atoms with E-state index in [0.717, 1.165) is 5.56 Å². The van der Waals surface area contributed by atoms with Gasteiger partial charge in [-0.1, -0.05) is 12.1 Å². The molecule has 3 N–H and O–H groups in total. The Labute approximate surface area is 112 Å². The molecule has 0 fully saturated rings. The number of nitrogens with two attached hydrogens (primary N) is 1. The summed E-state index contributed by atoms with van der Waals surface area (Å²) in [7, 11) is 0. The molecule has 5 heteroatoms. The monoisotopic (exact) mass is 258 g/mol. The molecule has 5 nitrogen and oxygen atoms in total. The first-order valence-electron chi connectivity index (χ1n) is 6.24. The van der Waals surface area contributed by atoms with Crippen molar-refractivity contribution in [3.8, 4) is 0 Å². The molecule has 0 bridgehead atoms. The number of rotatable bonds is 4. The van der Waals surface area contributed by atoms with E-state index in [1.54, 1.807) is 29.1 Å². The first-order valence-corrected chi connectivity index (χ1v) is 6.24. The Hall–Kier alpha value is -2.30. The maximum atomic E-state index is 12.0. The van der Waals surface area contributed by atoms with E-state index in [2.05, 4.69) is 10.4 Å². The molecule has 19 heavy (non-hydrogen) atoms. The quantitative estimate of drug-likeness (QED) is 0.826. The summed E-state index contributed by atoms with van der Waals surface area (Å²) in [5, 5.41) is 7.03. The number of hydrogen-bond acceptors (Lipinski definition) is 3. The Morgan fingerprint density at radius 1 is 1.42 bits per heavy atom. The van der Waals surface area contributed by atoms with Crippen molar-refractivity contribution >= 4 is 17.4 Å². The van der Waals surface area contributed by atoms with Crippen molar-refractivity contribution in [2.75, 3.05) is 11.1 Å². The van der Waals surface area contributed by atoms with Gasteiger partial charge in [-0.05, 0) is 31.5 Å². The van der Waals surface area contributed by atoms with Gasteiger partial charge in [0, 0.05) is 17.8 Å². The molecule has 100 valence electrons. The van der Waals surface area contributed by atoms with Crippen LogP contribution in [0.2, 0.25) is 0 Å². The van der Waals surface area contributed by atoms with E-state index >= 15 is 0 Å². The number of nitrogens with one attached hydrogen (secondary N) is 1. The lowest BCUT2D eigenvalue weighted by atomic mass is 10.1. The highest BCUT2D eigenvalue weighted by Crippen LogP contribution is 2.14. The highest BCUT2D eigenvalue weighted by Gasteiger charge is 2.10. The van der Waals surface area contributed by atoms with Gasteiger partial charge in [0.05, 0.1) is 12.6 Å². The van der Waals surface area contributed by atoms with Crippen molar-refractivity contribution in [1.82, 2.24) is 9.78 Å². The molecule has 0 radical (unpaired) electrons. The summed E-state index contributed by atoms with van der Waals surface area (Å²) in [5.41, 5.74) is 7.25. The molecule has 0 aliphatic carbocycles. The summed E-state index contributed by atoms with van der Waals surface area (Å²) >= 11 is 0. The fourth-order valence-corrected chi connectivity index (χ4v) is 1.90. The second-order valence-corrected chi connectivity index (χ2v) is 4.72. The molecular weight excluding hydrogens is 240 g/mol. The lowest BCUT2D eigenvalue weighted by Gasteiger charge is -2.11. The van der Waals surface area contributed by atoms with Crippen LogP contribution in [0.15, 0.2) is 36.5 Å². The van der Waals surface area contributed by atoms with Crippen LogP contribution in [-0.4, -0.2) is 15.7 Å². The first-order chi connectivity index (χ1) is 9.06. The minimum absolute atomic E-state index is 0.0759. The maximum Gasteiger partial charge on any atom is 0.229 e. The Bertz CT molecular complexity index is 574. The number of nitrogens with zero attached hydrogens (tertiary/aromatic N) is 2. The summed E-state index contributed by atoms with van der Waals surface area (Å²) in [6.45, 7) is 4.03. The zero-order valence-electron chi connectivity index (χ0n) is 11.1. The molecule has 0 spiro atoms. The topological polar surface area (TPSA) is 72.9 Å². The van der Waals surface area contributed by atoms with E-state index in [9.17, 15) is 4.79 Å². The molecule has 0 saturated carbocycles. The van der Waals surface area contributed by atoms with Gasteiger partial charge in [-0.15, -0.1) is 0 Å². The number of amides is 1. The summed E-state index contributed by atoms with van der Waals surface area (Å²) in [4.78, 5) is 12.0.